The van der Waals surface area contributed by atoms with Crippen LogP contribution in [0.25, 0.3) is 10.9 Å². The minimum absolute atomic E-state index is 0.0653. The SMILES string of the molecule is COc1ccc(Cn2c(=O)[nH]c3c(=O)n(CC(=O)NC(O[SiH](C)C)(C(C)C)C(C(C)(C)C)C(F)(F)F)ccc3c2=O)cc1. The first kappa shape index (κ1) is 33.8. The number of hydrogen-bond acceptors (Lipinski definition) is 6. The van der Waals surface area contributed by atoms with E-state index >= 15 is 0 Å². The maximum Gasteiger partial charge on any atom is 0.396 e. The van der Waals surface area contributed by atoms with Gasteiger partial charge in [0.15, 0.2) is 9.04 Å². The van der Waals surface area contributed by atoms with E-state index in [1.54, 1.807) is 51.2 Å². The zero-order valence-electron chi connectivity index (χ0n) is 25.6. The number of amides is 1. The maximum absolute atomic E-state index is 14.6. The number of H-pyrrole nitrogens is 1. The molecule has 0 aliphatic heterocycles. The lowest BCUT2D eigenvalue weighted by Gasteiger charge is -2.51. The monoisotopic (exact) mass is 624 g/mol. The third kappa shape index (κ3) is 7.29. The first-order chi connectivity index (χ1) is 19.8. The molecule has 0 spiro atoms. The van der Waals surface area contributed by atoms with Gasteiger partial charge in [-0.15, -0.1) is 0 Å². The van der Waals surface area contributed by atoms with E-state index in [0.717, 1.165) is 9.13 Å². The predicted octanol–water partition coefficient (Wildman–Crippen LogP) is 3.60. The van der Waals surface area contributed by atoms with E-state index in [4.69, 9.17) is 9.16 Å². The number of carbonyl (C=O) groups is 1. The third-order valence-electron chi connectivity index (χ3n) is 7.18. The van der Waals surface area contributed by atoms with Crippen molar-refractivity contribution in [2.24, 2.45) is 17.3 Å². The number of methoxy groups -OCH3 is 1. The van der Waals surface area contributed by atoms with Crippen molar-refractivity contribution in [3.8, 4) is 5.75 Å². The molecular weight excluding hydrogens is 585 g/mol. The number of pyridine rings is 1. The lowest BCUT2D eigenvalue weighted by molar-refractivity contribution is -0.265. The Hall–Kier alpha value is -3.65. The second-order valence-corrected chi connectivity index (χ2v) is 14.5. The number of halogens is 3. The van der Waals surface area contributed by atoms with Crippen LogP contribution in [0, 0.1) is 17.3 Å². The summed E-state index contributed by atoms with van der Waals surface area (Å²) in [6.45, 7) is 10.1. The molecule has 0 saturated heterocycles. The van der Waals surface area contributed by atoms with E-state index in [1.807, 2.05) is 0 Å². The molecule has 0 radical (unpaired) electrons. The van der Waals surface area contributed by atoms with Crippen LogP contribution in [0.4, 0.5) is 13.2 Å². The lowest BCUT2D eigenvalue weighted by atomic mass is 9.70. The summed E-state index contributed by atoms with van der Waals surface area (Å²) in [6.07, 6.45) is -3.52. The van der Waals surface area contributed by atoms with Crippen molar-refractivity contribution in [3.05, 3.63) is 73.3 Å². The number of aromatic nitrogens is 3. The van der Waals surface area contributed by atoms with Crippen molar-refractivity contribution in [1.29, 1.82) is 0 Å². The van der Waals surface area contributed by atoms with Crippen LogP contribution in [0.2, 0.25) is 13.1 Å². The molecule has 0 fully saturated rings. The van der Waals surface area contributed by atoms with Gasteiger partial charge in [-0.25, -0.2) is 4.79 Å². The van der Waals surface area contributed by atoms with Gasteiger partial charge >= 0.3 is 11.9 Å². The number of nitrogens with one attached hydrogen (secondary N) is 2. The van der Waals surface area contributed by atoms with Gasteiger partial charge in [0, 0.05) is 12.1 Å². The molecule has 236 valence electrons. The molecule has 0 aliphatic carbocycles. The van der Waals surface area contributed by atoms with Crippen LogP contribution < -0.4 is 26.9 Å². The van der Waals surface area contributed by atoms with Gasteiger partial charge in [-0.3, -0.25) is 19.0 Å². The summed E-state index contributed by atoms with van der Waals surface area (Å²) in [6, 6.07) is 8.03. The summed E-state index contributed by atoms with van der Waals surface area (Å²) in [5.41, 5.74) is -5.51. The summed E-state index contributed by atoms with van der Waals surface area (Å²) < 4.78 is 56.7. The largest absolute Gasteiger partial charge is 0.497 e. The number of hydrogen-bond donors (Lipinski definition) is 2. The second kappa shape index (κ2) is 12.5. The fourth-order valence-electron chi connectivity index (χ4n) is 5.43. The number of fused-ring (bicyclic) bond motifs is 1. The molecule has 2 heterocycles. The lowest BCUT2D eigenvalue weighted by Crippen LogP contribution is -2.67. The molecule has 14 heteroatoms. The minimum atomic E-state index is -4.72. The highest BCUT2D eigenvalue weighted by Gasteiger charge is 2.61. The Morgan fingerprint density at radius 2 is 1.63 bits per heavy atom. The number of nitrogens with zero attached hydrogens (tertiary/aromatic N) is 2. The van der Waals surface area contributed by atoms with Crippen LogP contribution in [0.1, 0.15) is 40.2 Å². The molecule has 10 nitrogen and oxygen atoms in total. The van der Waals surface area contributed by atoms with Crippen LogP contribution >= 0.6 is 0 Å². The van der Waals surface area contributed by atoms with Crippen LogP contribution in [-0.2, 0) is 22.3 Å². The summed E-state index contributed by atoms with van der Waals surface area (Å²) in [5.74, 6) is -3.14. The molecule has 3 rings (SSSR count). The molecule has 0 bridgehead atoms. The molecule has 1 amide bonds. The average Bonchev–Trinajstić information content (AvgIpc) is 2.86. The molecular formula is C29H39F3N4O6Si. The van der Waals surface area contributed by atoms with Crippen molar-refractivity contribution in [3.63, 3.8) is 0 Å². The molecule has 1 aromatic carbocycles. The topological polar surface area (TPSA) is 124 Å². The van der Waals surface area contributed by atoms with E-state index < -0.39 is 67.5 Å². The quantitative estimate of drug-likeness (QED) is 0.263. The van der Waals surface area contributed by atoms with Gasteiger partial charge in [0.1, 0.15) is 29.5 Å². The summed E-state index contributed by atoms with van der Waals surface area (Å²) in [4.78, 5) is 55.1. The van der Waals surface area contributed by atoms with Crippen molar-refractivity contribution >= 4 is 25.9 Å². The Morgan fingerprint density at radius 3 is 2.12 bits per heavy atom. The molecule has 2 N–H and O–H groups in total. The number of benzene rings is 1. The van der Waals surface area contributed by atoms with E-state index in [0.29, 0.717) is 11.3 Å². The zero-order valence-corrected chi connectivity index (χ0v) is 26.7. The molecule has 2 atom stereocenters. The summed E-state index contributed by atoms with van der Waals surface area (Å²) in [7, 11) is -0.641. The van der Waals surface area contributed by atoms with E-state index in [1.165, 1.54) is 40.1 Å². The standard InChI is InChI=1S/C29H39F3N4O6Si/c1-17(2)28(42-43(7)8,25(27(3,4)5)29(30,31)32)34-21(37)16-35-14-13-20-22(24(35)39)33-26(40)36(23(20)38)15-18-9-11-19(41-6)12-10-18/h9-14,17,25,43H,15-16H2,1-8H3,(H,33,40)(H,34,37). The average molecular weight is 625 g/mol. The first-order valence-electron chi connectivity index (χ1n) is 13.9. The van der Waals surface area contributed by atoms with Gasteiger partial charge in [0.2, 0.25) is 5.91 Å². The van der Waals surface area contributed by atoms with Crippen molar-refractivity contribution in [1.82, 2.24) is 19.4 Å². The third-order valence-corrected chi connectivity index (χ3v) is 8.04. The summed E-state index contributed by atoms with van der Waals surface area (Å²) >= 11 is 0. The number of alkyl halides is 3. The highest BCUT2D eigenvalue weighted by atomic mass is 28.3. The highest BCUT2D eigenvalue weighted by Crippen LogP contribution is 2.49. The fourth-order valence-corrected chi connectivity index (χ4v) is 6.68. The minimum Gasteiger partial charge on any atom is -0.497 e. The number of rotatable bonds is 10. The second-order valence-electron chi connectivity index (χ2n) is 12.2. The Kier molecular flexibility index (Phi) is 9.86. The van der Waals surface area contributed by atoms with Crippen LogP contribution in [0.5, 0.6) is 5.75 Å². The Bertz CT molecular complexity index is 1620. The van der Waals surface area contributed by atoms with Gasteiger partial charge in [-0.05, 0) is 42.3 Å². The Labute approximate surface area is 248 Å². The number of aromatic amines is 1. The number of ether oxygens (including phenoxy) is 1. The molecule has 0 saturated carbocycles. The fraction of sp³-hybridized carbons (Fsp3) is 0.517. The Balaban J connectivity index is 2.01. The van der Waals surface area contributed by atoms with Gasteiger partial charge in [-0.2, -0.15) is 13.2 Å². The zero-order chi connectivity index (χ0) is 32.5. The molecule has 0 aliphatic rings. The smallest absolute Gasteiger partial charge is 0.396 e. The van der Waals surface area contributed by atoms with Crippen LogP contribution in [0.15, 0.2) is 50.9 Å². The molecule has 43 heavy (non-hydrogen) atoms. The predicted molar refractivity (Wildman–Crippen MR) is 160 cm³/mol. The summed E-state index contributed by atoms with van der Waals surface area (Å²) in [5, 5.41) is 2.43. The van der Waals surface area contributed by atoms with Crippen LogP contribution in [0.3, 0.4) is 0 Å². The molecule has 3 aromatic rings. The van der Waals surface area contributed by atoms with E-state index in [2.05, 4.69) is 10.3 Å². The molecule has 2 aromatic heterocycles. The molecule has 2 unspecified atom stereocenters. The normalized spacial score (nSPS) is 14.6. The van der Waals surface area contributed by atoms with E-state index in [-0.39, 0.29) is 17.4 Å². The van der Waals surface area contributed by atoms with Crippen LogP contribution in [-0.4, -0.2) is 48.1 Å². The van der Waals surface area contributed by atoms with Crippen molar-refractivity contribution in [2.45, 2.75) is 72.7 Å². The van der Waals surface area contributed by atoms with Gasteiger partial charge < -0.3 is 24.0 Å². The first-order valence-corrected chi connectivity index (χ1v) is 16.6. The van der Waals surface area contributed by atoms with E-state index in [9.17, 15) is 32.3 Å². The Morgan fingerprint density at radius 1 is 1.02 bits per heavy atom. The number of carbonyl (C=O) groups excluding carboxylic acids is 1. The highest BCUT2D eigenvalue weighted by molar-refractivity contribution is 6.48. The van der Waals surface area contributed by atoms with Gasteiger partial charge in [-0.1, -0.05) is 46.8 Å². The van der Waals surface area contributed by atoms with Crippen molar-refractivity contribution < 1.29 is 27.1 Å². The maximum atomic E-state index is 14.6. The van der Waals surface area contributed by atoms with Gasteiger partial charge in [0.05, 0.1) is 19.0 Å². The van der Waals surface area contributed by atoms with Crippen molar-refractivity contribution in [2.75, 3.05) is 7.11 Å². The van der Waals surface area contributed by atoms with Gasteiger partial charge in [0.25, 0.3) is 11.1 Å².